The van der Waals surface area contributed by atoms with Gasteiger partial charge in [-0.1, -0.05) is 39.0 Å². The number of rotatable bonds is 8. The van der Waals surface area contributed by atoms with Crippen LogP contribution < -0.4 is 10.6 Å². The first-order valence-electron chi connectivity index (χ1n) is 6.60. The van der Waals surface area contributed by atoms with Crippen molar-refractivity contribution < 1.29 is 19.4 Å². The van der Waals surface area contributed by atoms with Crippen molar-refractivity contribution in [3.63, 3.8) is 0 Å². The molecule has 2 amide bonds. The lowest BCUT2D eigenvalue weighted by atomic mass is 10.1. The normalized spacial score (nSPS) is 9.67. The van der Waals surface area contributed by atoms with Crippen LogP contribution in [-0.2, 0) is 9.78 Å². The highest BCUT2D eigenvalue weighted by Gasteiger charge is 2.06. The van der Waals surface area contributed by atoms with Gasteiger partial charge in [0.05, 0.1) is 0 Å². The summed E-state index contributed by atoms with van der Waals surface area (Å²) in [5.41, 5.74) is 0. The van der Waals surface area contributed by atoms with Gasteiger partial charge < -0.3 is 10.6 Å². The van der Waals surface area contributed by atoms with E-state index in [0.29, 0.717) is 13.1 Å². The summed E-state index contributed by atoms with van der Waals surface area (Å²) in [6, 6.07) is 0. The fraction of sp³-hybridized carbons (Fsp3) is 0.833. The number of unbranched alkanes of at least 4 members (excludes halogenated alkanes) is 5. The fourth-order valence-corrected chi connectivity index (χ4v) is 1.37. The van der Waals surface area contributed by atoms with E-state index in [1.807, 2.05) is 0 Å². The second kappa shape index (κ2) is 12.0. The molecule has 2 N–H and O–H groups in total. The Bertz CT molecular complexity index is 234. The molecule has 0 heterocycles. The van der Waals surface area contributed by atoms with E-state index in [-0.39, 0.29) is 0 Å². The Morgan fingerprint density at radius 2 is 1.39 bits per heavy atom. The molecule has 0 aromatic heterocycles. The lowest BCUT2D eigenvalue weighted by Gasteiger charge is -2.05. The summed E-state index contributed by atoms with van der Waals surface area (Å²) in [6.45, 7) is 4.86. The molecule has 0 saturated carbocycles. The van der Waals surface area contributed by atoms with Crippen LogP contribution in [0.15, 0.2) is 0 Å². The smallest absolute Gasteiger partial charge is 0.319 e. The summed E-state index contributed by atoms with van der Waals surface area (Å²) >= 11 is 0. The Kier molecular flexibility index (Phi) is 11.0. The van der Waals surface area contributed by atoms with Crippen LogP contribution in [0.1, 0.15) is 52.4 Å². The van der Waals surface area contributed by atoms with Gasteiger partial charge in [0, 0.05) is 13.1 Å². The molecule has 106 valence electrons. The Balaban J connectivity index is 3.29. The van der Waals surface area contributed by atoms with Crippen LogP contribution in [0.3, 0.4) is 0 Å². The molecule has 0 aliphatic heterocycles. The molecule has 0 radical (unpaired) electrons. The standard InChI is InChI=1S/C12H24N2O4/c1-3-5-6-7-8-9-10-14-12(16)18-17-11(15)13-4-2/h3-10H2,1-2H3,(H,13,15)(H,14,16). The van der Waals surface area contributed by atoms with Gasteiger partial charge in [0.1, 0.15) is 0 Å². The third-order valence-electron chi connectivity index (χ3n) is 2.31. The lowest BCUT2D eigenvalue weighted by Crippen LogP contribution is -2.30. The van der Waals surface area contributed by atoms with Gasteiger partial charge in [-0.2, -0.15) is 0 Å². The minimum atomic E-state index is -0.771. The second-order valence-electron chi connectivity index (χ2n) is 3.97. The predicted octanol–water partition coefficient (Wildman–Crippen LogP) is 2.73. The SMILES string of the molecule is CCCCCCCCNC(=O)OOC(=O)NCC. The van der Waals surface area contributed by atoms with E-state index in [2.05, 4.69) is 27.3 Å². The second-order valence-corrected chi connectivity index (χ2v) is 3.97. The largest absolute Gasteiger partial charge is 0.450 e. The van der Waals surface area contributed by atoms with Crippen LogP contribution in [-0.4, -0.2) is 25.3 Å². The first-order chi connectivity index (χ1) is 8.70. The highest BCUT2D eigenvalue weighted by Crippen LogP contribution is 2.03. The predicted molar refractivity (Wildman–Crippen MR) is 68.0 cm³/mol. The third-order valence-corrected chi connectivity index (χ3v) is 2.31. The summed E-state index contributed by atoms with van der Waals surface area (Å²) in [4.78, 5) is 30.3. The van der Waals surface area contributed by atoms with E-state index in [4.69, 9.17) is 0 Å². The molecule has 0 aliphatic carbocycles. The summed E-state index contributed by atoms with van der Waals surface area (Å²) in [5.74, 6) is 0. The number of amides is 2. The van der Waals surface area contributed by atoms with E-state index < -0.39 is 12.2 Å². The molecule has 0 spiro atoms. The molecule has 0 aromatic carbocycles. The summed E-state index contributed by atoms with van der Waals surface area (Å²) in [6.07, 6.45) is 5.37. The zero-order chi connectivity index (χ0) is 13.6. The molecule has 0 rings (SSSR count). The van der Waals surface area contributed by atoms with Gasteiger partial charge in [0.15, 0.2) is 0 Å². The van der Waals surface area contributed by atoms with Gasteiger partial charge in [-0.15, -0.1) is 0 Å². The van der Waals surface area contributed by atoms with Gasteiger partial charge in [0.2, 0.25) is 0 Å². The van der Waals surface area contributed by atoms with Gasteiger partial charge in [0.25, 0.3) is 0 Å². The van der Waals surface area contributed by atoms with Crippen molar-refractivity contribution in [3.05, 3.63) is 0 Å². The van der Waals surface area contributed by atoms with Crippen molar-refractivity contribution in [1.29, 1.82) is 0 Å². The molecule has 6 nitrogen and oxygen atoms in total. The molecule has 0 bridgehead atoms. The van der Waals surface area contributed by atoms with E-state index >= 15 is 0 Å². The molecule has 0 atom stereocenters. The van der Waals surface area contributed by atoms with E-state index in [0.717, 1.165) is 12.8 Å². The number of carbonyl (C=O) groups is 2. The van der Waals surface area contributed by atoms with E-state index in [9.17, 15) is 9.59 Å². The molecule has 0 unspecified atom stereocenters. The first kappa shape index (κ1) is 16.5. The fourth-order valence-electron chi connectivity index (χ4n) is 1.37. The minimum Gasteiger partial charge on any atom is -0.319 e. The molecule has 0 aliphatic rings. The maximum atomic E-state index is 11.0. The molecule has 18 heavy (non-hydrogen) atoms. The topological polar surface area (TPSA) is 76.7 Å². The molecular formula is C12H24N2O4. The molecule has 0 fully saturated rings. The summed E-state index contributed by atoms with van der Waals surface area (Å²) < 4.78 is 0. The first-order valence-corrected chi connectivity index (χ1v) is 6.60. The Morgan fingerprint density at radius 1 is 0.833 bits per heavy atom. The van der Waals surface area contributed by atoms with Gasteiger partial charge >= 0.3 is 12.2 Å². The zero-order valence-electron chi connectivity index (χ0n) is 11.3. The van der Waals surface area contributed by atoms with Crippen molar-refractivity contribution in [3.8, 4) is 0 Å². The quantitative estimate of drug-likeness (QED) is 0.399. The molecule has 6 heteroatoms. The molecule has 0 aromatic rings. The Hall–Kier alpha value is -1.46. The average Bonchev–Trinajstić information content (AvgIpc) is 2.35. The van der Waals surface area contributed by atoms with Crippen LogP contribution >= 0.6 is 0 Å². The zero-order valence-corrected chi connectivity index (χ0v) is 11.3. The van der Waals surface area contributed by atoms with Crippen LogP contribution in [0.4, 0.5) is 9.59 Å². The van der Waals surface area contributed by atoms with Crippen LogP contribution in [0.5, 0.6) is 0 Å². The van der Waals surface area contributed by atoms with Gasteiger partial charge in [-0.3, -0.25) is 0 Å². The van der Waals surface area contributed by atoms with Crippen molar-refractivity contribution in [1.82, 2.24) is 10.6 Å². The summed E-state index contributed by atoms with van der Waals surface area (Å²) in [5, 5.41) is 4.84. The summed E-state index contributed by atoms with van der Waals surface area (Å²) in [7, 11) is 0. The van der Waals surface area contributed by atoms with Crippen molar-refractivity contribution >= 4 is 12.2 Å². The van der Waals surface area contributed by atoms with Crippen LogP contribution in [0, 0.1) is 0 Å². The highest BCUT2D eigenvalue weighted by atomic mass is 17.2. The third kappa shape index (κ3) is 11.0. The minimum absolute atomic E-state index is 0.418. The monoisotopic (exact) mass is 260 g/mol. The van der Waals surface area contributed by atoms with Crippen molar-refractivity contribution in [2.24, 2.45) is 0 Å². The Morgan fingerprint density at radius 3 is 2.00 bits per heavy atom. The van der Waals surface area contributed by atoms with E-state index in [1.54, 1.807) is 6.92 Å². The van der Waals surface area contributed by atoms with E-state index in [1.165, 1.54) is 25.7 Å². The number of nitrogens with one attached hydrogen (secondary N) is 2. The Labute approximate surface area is 108 Å². The van der Waals surface area contributed by atoms with Gasteiger partial charge in [-0.25, -0.2) is 19.4 Å². The van der Waals surface area contributed by atoms with Gasteiger partial charge in [-0.05, 0) is 13.3 Å². The maximum Gasteiger partial charge on any atom is 0.450 e. The van der Waals surface area contributed by atoms with Crippen LogP contribution in [0.25, 0.3) is 0 Å². The highest BCUT2D eigenvalue weighted by molar-refractivity contribution is 5.70. The van der Waals surface area contributed by atoms with Crippen molar-refractivity contribution in [2.75, 3.05) is 13.1 Å². The molecule has 0 saturated heterocycles. The van der Waals surface area contributed by atoms with Crippen LogP contribution in [0.2, 0.25) is 0 Å². The average molecular weight is 260 g/mol. The number of hydrogen-bond acceptors (Lipinski definition) is 4. The lowest BCUT2D eigenvalue weighted by molar-refractivity contribution is -0.178. The molecular weight excluding hydrogens is 236 g/mol. The number of hydrogen-bond donors (Lipinski definition) is 2. The van der Waals surface area contributed by atoms with Crippen molar-refractivity contribution in [2.45, 2.75) is 52.4 Å². The number of carbonyl (C=O) groups excluding carboxylic acids is 2. The maximum absolute atomic E-state index is 11.0.